The highest BCUT2D eigenvalue weighted by Crippen LogP contribution is 2.20. The first kappa shape index (κ1) is 16.3. The molecule has 116 valence electrons. The van der Waals surface area contributed by atoms with Gasteiger partial charge in [0.25, 0.3) is 0 Å². The van der Waals surface area contributed by atoms with E-state index in [2.05, 4.69) is 48.5 Å². The predicted molar refractivity (Wildman–Crippen MR) is 90.7 cm³/mol. The van der Waals surface area contributed by atoms with Crippen LogP contribution in [0.4, 0.5) is 0 Å². The summed E-state index contributed by atoms with van der Waals surface area (Å²) in [6.45, 7) is 2.32. The smallest absolute Gasteiger partial charge is 0.305 e. The first-order chi connectivity index (χ1) is 10.8. The molecule has 2 aromatic carbocycles. The molecule has 2 nitrogen and oxygen atoms in total. The maximum Gasteiger partial charge on any atom is 0.305 e. The molecule has 0 amide bonds. The minimum atomic E-state index is -0.0743. The van der Waals surface area contributed by atoms with Crippen LogP contribution in [0.3, 0.4) is 0 Å². The van der Waals surface area contributed by atoms with Crippen molar-refractivity contribution >= 4 is 5.97 Å². The molecule has 0 aliphatic heterocycles. The summed E-state index contributed by atoms with van der Waals surface area (Å²) in [5.74, 6) is -0.0743. The molecule has 0 saturated heterocycles. The number of ether oxygens (including phenoxy) is 1. The zero-order valence-electron chi connectivity index (χ0n) is 13.3. The van der Waals surface area contributed by atoms with E-state index in [1.54, 1.807) is 0 Å². The quantitative estimate of drug-likeness (QED) is 0.505. The van der Waals surface area contributed by atoms with Gasteiger partial charge in [-0.05, 0) is 42.9 Å². The third-order valence-corrected chi connectivity index (χ3v) is 3.71. The van der Waals surface area contributed by atoms with Gasteiger partial charge < -0.3 is 4.74 Å². The van der Waals surface area contributed by atoms with E-state index in [0.717, 1.165) is 25.7 Å². The molecule has 0 fully saturated rings. The monoisotopic (exact) mass is 296 g/mol. The minimum absolute atomic E-state index is 0.0743. The Morgan fingerprint density at radius 1 is 0.864 bits per heavy atom. The van der Waals surface area contributed by atoms with Gasteiger partial charge >= 0.3 is 5.97 Å². The highest BCUT2D eigenvalue weighted by Gasteiger charge is 2.01. The lowest BCUT2D eigenvalue weighted by Crippen LogP contribution is -2.03. The first-order valence-corrected chi connectivity index (χ1v) is 8.09. The largest absolute Gasteiger partial charge is 0.466 e. The van der Waals surface area contributed by atoms with Gasteiger partial charge in [-0.25, -0.2) is 0 Å². The van der Waals surface area contributed by atoms with Gasteiger partial charge in [0, 0.05) is 6.42 Å². The number of carbonyl (C=O) groups is 1. The Kier molecular flexibility index (Phi) is 6.69. The fourth-order valence-corrected chi connectivity index (χ4v) is 2.50. The molecule has 0 spiro atoms. The minimum Gasteiger partial charge on any atom is -0.466 e. The van der Waals surface area contributed by atoms with Crippen LogP contribution in [0.5, 0.6) is 0 Å². The van der Waals surface area contributed by atoms with Crippen LogP contribution in [-0.2, 0) is 16.0 Å². The number of hydrogen-bond donors (Lipinski definition) is 0. The number of unbranched alkanes of at least 4 members (excludes halogenated alkanes) is 2. The van der Waals surface area contributed by atoms with Gasteiger partial charge in [-0.1, -0.05) is 61.0 Å². The summed E-state index contributed by atoms with van der Waals surface area (Å²) in [6, 6.07) is 19.2. The SMILES string of the molecule is CCOC(=O)CCCCCc1ccc(-c2ccccc2)cc1. The van der Waals surface area contributed by atoms with Crippen molar-refractivity contribution in [2.75, 3.05) is 6.61 Å². The van der Waals surface area contributed by atoms with Gasteiger partial charge in [-0.3, -0.25) is 4.79 Å². The summed E-state index contributed by atoms with van der Waals surface area (Å²) in [6.07, 6.45) is 4.71. The van der Waals surface area contributed by atoms with Crippen molar-refractivity contribution in [2.24, 2.45) is 0 Å². The molecule has 0 unspecified atom stereocenters. The summed E-state index contributed by atoms with van der Waals surface area (Å²) in [5, 5.41) is 0. The van der Waals surface area contributed by atoms with E-state index in [-0.39, 0.29) is 5.97 Å². The summed E-state index contributed by atoms with van der Waals surface area (Å²) in [4.78, 5) is 11.2. The van der Waals surface area contributed by atoms with Crippen LogP contribution >= 0.6 is 0 Å². The van der Waals surface area contributed by atoms with Crippen molar-refractivity contribution < 1.29 is 9.53 Å². The van der Waals surface area contributed by atoms with Gasteiger partial charge in [-0.2, -0.15) is 0 Å². The summed E-state index contributed by atoms with van der Waals surface area (Å²) in [5.41, 5.74) is 3.87. The number of esters is 1. The Hall–Kier alpha value is -2.09. The fraction of sp³-hybridized carbons (Fsp3) is 0.350. The lowest BCUT2D eigenvalue weighted by atomic mass is 10.0. The molecule has 22 heavy (non-hydrogen) atoms. The Labute approximate surface area is 133 Å². The molecule has 0 aromatic heterocycles. The van der Waals surface area contributed by atoms with Gasteiger partial charge in [-0.15, -0.1) is 0 Å². The summed E-state index contributed by atoms with van der Waals surface area (Å²) in [7, 11) is 0. The van der Waals surface area contributed by atoms with Crippen LogP contribution in [-0.4, -0.2) is 12.6 Å². The highest BCUT2D eigenvalue weighted by molar-refractivity contribution is 5.69. The molecular formula is C20H24O2. The summed E-state index contributed by atoms with van der Waals surface area (Å²) < 4.78 is 4.92. The van der Waals surface area contributed by atoms with Crippen LogP contribution in [0.2, 0.25) is 0 Å². The first-order valence-electron chi connectivity index (χ1n) is 8.09. The molecule has 0 heterocycles. The molecule has 0 atom stereocenters. The van der Waals surface area contributed by atoms with Crippen molar-refractivity contribution in [3.63, 3.8) is 0 Å². The summed E-state index contributed by atoms with van der Waals surface area (Å²) >= 11 is 0. The topological polar surface area (TPSA) is 26.3 Å². The van der Waals surface area contributed by atoms with E-state index >= 15 is 0 Å². The second-order valence-electron chi connectivity index (χ2n) is 5.43. The predicted octanol–water partition coefficient (Wildman–Crippen LogP) is 5.02. The highest BCUT2D eigenvalue weighted by atomic mass is 16.5. The van der Waals surface area contributed by atoms with E-state index in [4.69, 9.17) is 4.74 Å². The van der Waals surface area contributed by atoms with Crippen molar-refractivity contribution in [1.82, 2.24) is 0 Å². The molecule has 2 rings (SSSR count). The van der Waals surface area contributed by atoms with Crippen molar-refractivity contribution in [3.8, 4) is 11.1 Å². The van der Waals surface area contributed by atoms with Crippen LogP contribution in [0, 0.1) is 0 Å². The third-order valence-electron chi connectivity index (χ3n) is 3.71. The zero-order chi connectivity index (χ0) is 15.6. The van der Waals surface area contributed by atoms with E-state index < -0.39 is 0 Å². The average Bonchev–Trinajstić information content (AvgIpc) is 2.56. The molecule has 2 heteroatoms. The van der Waals surface area contributed by atoms with Gasteiger partial charge in [0.1, 0.15) is 0 Å². The van der Waals surface area contributed by atoms with Crippen LogP contribution in [0.25, 0.3) is 11.1 Å². The lowest BCUT2D eigenvalue weighted by Gasteiger charge is -2.05. The number of carbonyl (C=O) groups excluding carboxylic acids is 1. The van der Waals surface area contributed by atoms with E-state index in [1.165, 1.54) is 16.7 Å². The molecular weight excluding hydrogens is 272 g/mol. The van der Waals surface area contributed by atoms with Crippen LogP contribution in [0.1, 0.15) is 38.2 Å². The molecule has 0 radical (unpaired) electrons. The lowest BCUT2D eigenvalue weighted by molar-refractivity contribution is -0.143. The molecule has 0 N–H and O–H groups in total. The third kappa shape index (κ3) is 5.36. The average molecular weight is 296 g/mol. The molecule has 2 aromatic rings. The Morgan fingerprint density at radius 2 is 1.55 bits per heavy atom. The molecule has 0 bridgehead atoms. The Morgan fingerprint density at radius 3 is 2.23 bits per heavy atom. The second-order valence-corrected chi connectivity index (χ2v) is 5.43. The van der Waals surface area contributed by atoms with Crippen molar-refractivity contribution in [2.45, 2.75) is 39.0 Å². The standard InChI is InChI=1S/C20H24O2/c1-2-22-20(21)12-8-3-5-9-17-13-15-19(16-14-17)18-10-6-4-7-11-18/h4,6-7,10-11,13-16H,2-3,5,8-9,12H2,1H3. The van der Waals surface area contributed by atoms with Crippen molar-refractivity contribution in [3.05, 3.63) is 60.2 Å². The normalized spacial score (nSPS) is 10.4. The Bertz CT molecular complexity index is 558. The van der Waals surface area contributed by atoms with E-state index in [1.807, 2.05) is 13.0 Å². The Balaban J connectivity index is 1.72. The van der Waals surface area contributed by atoms with Crippen LogP contribution < -0.4 is 0 Å². The maximum atomic E-state index is 11.2. The number of hydrogen-bond acceptors (Lipinski definition) is 2. The van der Waals surface area contributed by atoms with Gasteiger partial charge in [0.05, 0.1) is 6.61 Å². The molecule has 0 aliphatic rings. The fourth-order valence-electron chi connectivity index (χ4n) is 2.50. The van der Waals surface area contributed by atoms with Gasteiger partial charge in [0.15, 0.2) is 0 Å². The zero-order valence-corrected chi connectivity index (χ0v) is 13.3. The van der Waals surface area contributed by atoms with E-state index in [9.17, 15) is 4.79 Å². The van der Waals surface area contributed by atoms with Crippen molar-refractivity contribution in [1.29, 1.82) is 0 Å². The molecule has 0 saturated carbocycles. The number of rotatable bonds is 8. The number of benzene rings is 2. The molecule has 0 aliphatic carbocycles. The maximum absolute atomic E-state index is 11.2. The number of aryl methyl sites for hydroxylation is 1. The van der Waals surface area contributed by atoms with Crippen LogP contribution in [0.15, 0.2) is 54.6 Å². The van der Waals surface area contributed by atoms with E-state index in [0.29, 0.717) is 13.0 Å². The second kappa shape index (κ2) is 9.04. The van der Waals surface area contributed by atoms with Gasteiger partial charge in [0.2, 0.25) is 0 Å².